The molecule has 7 heteroatoms. The molecule has 0 radical (unpaired) electrons. The van der Waals surface area contributed by atoms with E-state index < -0.39 is 0 Å². The Morgan fingerprint density at radius 2 is 1.67 bits per heavy atom. The van der Waals surface area contributed by atoms with Crippen molar-refractivity contribution in [2.24, 2.45) is 12.1 Å². The monoisotopic (exact) mass is 457 g/mol. The molecule has 166 valence electrons. The third kappa shape index (κ3) is 4.22. The van der Waals surface area contributed by atoms with Crippen molar-refractivity contribution in [1.29, 1.82) is 0 Å². The van der Waals surface area contributed by atoms with Crippen molar-refractivity contribution in [1.82, 2.24) is 14.3 Å². The van der Waals surface area contributed by atoms with Crippen LogP contribution in [-0.4, -0.2) is 26.6 Å². The molecule has 2 heterocycles. The van der Waals surface area contributed by atoms with Gasteiger partial charge in [0.15, 0.2) is 0 Å². The van der Waals surface area contributed by atoms with Gasteiger partial charge in [-0.15, -0.1) is 5.10 Å². The topological polar surface area (TPSA) is 55.4 Å². The molecule has 0 fully saturated rings. The largest absolute Gasteiger partial charge is 0.347 e. The van der Waals surface area contributed by atoms with Crippen molar-refractivity contribution >= 4 is 23.3 Å². The van der Waals surface area contributed by atoms with Crippen LogP contribution in [0.1, 0.15) is 28.2 Å². The first-order valence-electron chi connectivity index (χ1n) is 10.9. The summed E-state index contributed by atoms with van der Waals surface area (Å²) in [7, 11) is 1.74. The maximum Gasteiger partial charge on any atom is 0.347 e. The van der Waals surface area contributed by atoms with E-state index in [-0.39, 0.29) is 11.6 Å². The SMILES string of the molecule is Cc1ccc(C2=NN(c3nn(Cc4ccc(Cl)cc4)c(=O)n3C)C[C@H]2c2ccccc2)cc1. The number of hydrogen-bond acceptors (Lipinski definition) is 4. The Balaban J connectivity index is 1.51. The third-order valence-corrected chi connectivity index (χ3v) is 6.21. The molecule has 6 nitrogen and oxygen atoms in total. The maximum atomic E-state index is 12.9. The van der Waals surface area contributed by atoms with Gasteiger partial charge in [0.05, 0.1) is 18.8 Å². The summed E-state index contributed by atoms with van der Waals surface area (Å²) in [5.74, 6) is 0.599. The standard InChI is InChI=1S/C26H24ClN5O/c1-18-8-12-21(13-9-18)24-23(20-6-4-3-5-7-20)17-31(28-24)25-29-32(26(33)30(25)2)16-19-10-14-22(27)15-11-19/h3-15,23H,16-17H2,1-2H3/t23-/m0/s1. The second kappa shape index (κ2) is 8.71. The van der Waals surface area contributed by atoms with Crippen molar-refractivity contribution in [3.8, 4) is 0 Å². The summed E-state index contributed by atoms with van der Waals surface area (Å²) in [6.45, 7) is 3.05. The van der Waals surface area contributed by atoms with Crippen molar-refractivity contribution in [3.63, 3.8) is 0 Å². The Bertz CT molecular complexity index is 1350. The molecule has 0 saturated carbocycles. The van der Waals surface area contributed by atoms with Crippen LogP contribution < -0.4 is 10.7 Å². The molecular formula is C26H24ClN5O. The lowest BCUT2D eigenvalue weighted by atomic mass is 9.90. The Labute approximate surface area is 197 Å². The highest BCUT2D eigenvalue weighted by molar-refractivity contribution is 6.30. The van der Waals surface area contributed by atoms with Crippen LogP contribution in [0.25, 0.3) is 0 Å². The van der Waals surface area contributed by atoms with Gasteiger partial charge >= 0.3 is 5.69 Å². The highest BCUT2D eigenvalue weighted by Gasteiger charge is 2.32. The fraction of sp³-hybridized carbons (Fsp3) is 0.192. The Morgan fingerprint density at radius 1 is 0.970 bits per heavy atom. The van der Waals surface area contributed by atoms with Crippen LogP contribution in [0, 0.1) is 6.92 Å². The smallest absolute Gasteiger partial charge is 0.263 e. The highest BCUT2D eigenvalue weighted by atomic mass is 35.5. The molecule has 1 aliphatic heterocycles. The first kappa shape index (κ1) is 21.2. The van der Waals surface area contributed by atoms with Gasteiger partial charge in [-0.1, -0.05) is 83.9 Å². The minimum Gasteiger partial charge on any atom is -0.263 e. The van der Waals surface area contributed by atoms with Crippen molar-refractivity contribution < 1.29 is 0 Å². The molecule has 0 N–H and O–H groups in total. The summed E-state index contributed by atoms with van der Waals surface area (Å²) in [4.78, 5) is 12.9. The molecule has 0 bridgehead atoms. The molecule has 1 atom stereocenters. The van der Waals surface area contributed by atoms with Crippen LogP contribution in [0.4, 0.5) is 5.95 Å². The van der Waals surface area contributed by atoms with Gasteiger partial charge < -0.3 is 0 Å². The summed E-state index contributed by atoms with van der Waals surface area (Å²) < 4.78 is 3.02. The predicted octanol–water partition coefficient (Wildman–Crippen LogP) is 4.60. The fourth-order valence-electron chi connectivity index (χ4n) is 4.13. The van der Waals surface area contributed by atoms with E-state index in [2.05, 4.69) is 48.4 Å². The number of aromatic nitrogens is 3. The van der Waals surface area contributed by atoms with E-state index in [4.69, 9.17) is 16.7 Å². The second-order valence-corrected chi connectivity index (χ2v) is 8.76. The zero-order chi connectivity index (χ0) is 22.9. The Morgan fingerprint density at radius 3 is 2.36 bits per heavy atom. The minimum atomic E-state index is -0.185. The summed E-state index contributed by atoms with van der Waals surface area (Å²) in [5.41, 5.74) is 5.20. The van der Waals surface area contributed by atoms with Gasteiger partial charge in [-0.05, 0) is 35.7 Å². The molecule has 0 spiro atoms. The van der Waals surface area contributed by atoms with Gasteiger partial charge in [-0.25, -0.2) is 14.5 Å². The van der Waals surface area contributed by atoms with Gasteiger partial charge in [-0.3, -0.25) is 4.57 Å². The minimum absolute atomic E-state index is 0.0745. The zero-order valence-electron chi connectivity index (χ0n) is 18.5. The van der Waals surface area contributed by atoms with Gasteiger partial charge in [0.1, 0.15) is 0 Å². The van der Waals surface area contributed by atoms with E-state index in [9.17, 15) is 4.79 Å². The van der Waals surface area contributed by atoms with E-state index >= 15 is 0 Å². The van der Waals surface area contributed by atoms with E-state index in [1.165, 1.54) is 15.8 Å². The number of nitrogens with zero attached hydrogens (tertiary/aromatic N) is 5. The average Bonchev–Trinajstić information content (AvgIpc) is 3.39. The quantitative estimate of drug-likeness (QED) is 0.440. The van der Waals surface area contributed by atoms with Crippen LogP contribution in [-0.2, 0) is 13.6 Å². The number of rotatable bonds is 5. The average molecular weight is 458 g/mol. The van der Waals surface area contributed by atoms with Crippen LogP contribution in [0.15, 0.2) is 88.8 Å². The van der Waals surface area contributed by atoms with E-state index in [0.29, 0.717) is 24.1 Å². The van der Waals surface area contributed by atoms with Crippen LogP contribution in [0.5, 0.6) is 0 Å². The van der Waals surface area contributed by atoms with Crippen LogP contribution in [0.3, 0.4) is 0 Å². The van der Waals surface area contributed by atoms with Crippen molar-refractivity contribution in [2.75, 3.05) is 11.6 Å². The molecule has 1 aliphatic rings. The molecule has 4 aromatic rings. The van der Waals surface area contributed by atoms with Crippen molar-refractivity contribution in [2.45, 2.75) is 19.4 Å². The number of anilines is 1. The highest BCUT2D eigenvalue weighted by Crippen LogP contribution is 2.31. The number of halogens is 1. The summed E-state index contributed by atoms with van der Waals surface area (Å²) in [6, 6.07) is 26.2. The zero-order valence-corrected chi connectivity index (χ0v) is 19.3. The van der Waals surface area contributed by atoms with E-state index in [1.807, 2.05) is 47.5 Å². The summed E-state index contributed by atoms with van der Waals surface area (Å²) >= 11 is 5.99. The number of hydrogen-bond donors (Lipinski definition) is 0. The van der Waals surface area contributed by atoms with Crippen LogP contribution in [0.2, 0.25) is 5.02 Å². The first-order valence-corrected chi connectivity index (χ1v) is 11.2. The second-order valence-electron chi connectivity index (χ2n) is 8.32. The normalized spacial score (nSPS) is 15.7. The predicted molar refractivity (Wildman–Crippen MR) is 132 cm³/mol. The molecule has 0 unspecified atom stereocenters. The molecule has 0 aliphatic carbocycles. The fourth-order valence-corrected chi connectivity index (χ4v) is 4.25. The molecule has 0 amide bonds. The Kier molecular flexibility index (Phi) is 5.60. The van der Waals surface area contributed by atoms with Crippen LogP contribution >= 0.6 is 11.6 Å². The Hall–Kier alpha value is -3.64. The van der Waals surface area contributed by atoms with Gasteiger partial charge in [0.25, 0.3) is 0 Å². The van der Waals surface area contributed by atoms with Gasteiger partial charge in [0, 0.05) is 18.0 Å². The number of hydrazone groups is 1. The lowest BCUT2D eigenvalue weighted by Crippen LogP contribution is -2.25. The van der Waals surface area contributed by atoms with Crippen molar-refractivity contribution in [3.05, 3.63) is 117 Å². The molecular weight excluding hydrogens is 434 g/mol. The number of benzene rings is 3. The first-order chi connectivity index (χ1) is 16.0. The maximum absolute atomic E-state index is 12.9. The molecule has 33 heavy (non-hydrogen) atoms. The lowest BCUT2D eigenvalue weighted by molar-refractivity contribution is 0.646. The summed E-state index contributed by atoms with van der Waals surface area (Å²) in [5, 5.41) is 12.1. The van der Waals surface area contributed by atoms with E-state index in [1.54, 1.807) is 11.6 Å². The van der Waals surface area contributed by atoms with Gasteiger partial charge in [0.2, 0.25) is 5.95 Å². The summed E-state index contributed by atoms with van der Waals surface area (Å²) in [6.07, 6.45) is 0. The molecule has 1 aromatic heterocycles. The molecule has 5 rings (SSSR count). The lowest BCUT2D eigenvalue weighted by Gasteiger charge is -2.15. The molecule has 3 aromatic carbocycles. The number of aryl methyl sites for hydroxylation is 1. The molecule has 0 saturated heterocycles. The third-order valence-electron chi connectivity index (χ3n) is 5.96. The van der Waals surface area contributed by atoms with Gasteiger partial charge in [-0.2, -0.15) is 5.10 Å². The van der Waals surface area contributed by atoms with E-state index in [0.717, 1.165) is 16.8 Å².